The molecule has 0 N–H and O–H groups in total. The standard InChI is InChI=1S/C11H14FNOS/c1-8-10(2-3-15-8)4-11(14)13-6-9(5-12)7-13/h2-3,9H,4-7H2,1H3. The lowest BCUT2D eigenvalue weighted by Crippen LogP contribution is -2.51. The molecule has 1 fully saturated rings. The van der Waals surface area contributed by atoms with E-state index in [0.717, 1.165) is 5.56 Å². The van der Waals surface area contributed by atoms with Crippen molar-refractivity contribution >= 4 is 17.2 Å². The predicted octanol–water partition coefficient (Wildman–Crippen LogP) is 2.03. The first-order chi connectivity index (χ1) is 7.20. The van der Waals surface area contributed by atoms with E-state index in [4.69, 9.17) is 0 Å². The number of halogens is 1. The van der Waals surface area contributed by atoms with Crippen molar-refractivity contribution in [2.45, 2.75) is 13.3 Å². The summed E-state index contributed by atoms with van der Waals surface area (Å²) >= 11 is 1.66. The smallest absolute Gasteiger partial charge is 0.227 e. The molecule has 1 aromatic heterocycles. The molecule has 1 aliphatic heterocycles. The van der Waals surface area contributed by atoms with E-state index in [-0.39, 0.29) is 18.5 Å². The summed E-state index contributed by atoms with van der Waals surface area (Å²) in [5.41, 5.74) is 1.11. The van der Waals surface area contributed by atoms with Gasteiger partial charge in [0.15, 0.2) is 0 Å². The van der Waals surface area contributed by atoms with Crippen LogP contribution < -0.4 is 0 Å². The number of likely N-dealkylation sites (tertiary alicyclic amines) is 1. The van der Waals surface area contributed by atoms with Crippen molar-refractivity contribution < 1.29 is 9.18 Å². The lowest BCUT2D eigenvalue weighted by atomic mass is 10.0. The Hall–Kier alpha value is -0.900. The number of hydrogen-bond acceptors (Lipinski definition) is 2. The van der Waals surface area contributed by atoms with Crippen LogP contribution in [-0.2, 0) is 11.2 Å². The van der Waals surface area contributed by atoms with Gasteiger partial charge in [-0.05, 0) is 23.9 Å². The number of nitrogens with zero attached hydrogens (tertiary/aromatic N) is 1. The number of aryl methyl sites for hydroxylation is 1. The third-order valence-corrected chi connectivity index (χ3v) is 3.72. The quantitative estimate of drug-likeness (QED) is 0.773. The summed E-state index contributed by atoms with van der Waals surface area (Å²) in [5, 5.41) is 2.00. The van der Waals surface area contributed by atoms with E-state index in [1.165, 1.54) is 4.88 Å². The first-order valence-electron chi connectivity index (χ1n) is 5.07. The molecule has 2 heterocycles. The van der Waals surface area contributed by atoms with Crippen LogP contribution in [0, 0.1) is 12.8 Å². The van der Waals surface area contributed by atoms with Gasteiger partial charge in [0.25, 0.3) is 0 Å². The van der Waals surface area contributed by atoms with Crippen LogP contribution in [0.3, 0.4) is 0 Å². The van der Waals surface area contributed by atoms with E-state index in [1.54, 1.807) is 16.2 Å². The van der Waals surface area contributed by atoms with Crippen molar-refractivity contribution in [3.05, 3.63) is 21.9 Å². The molecule has 15 heavy (non-hydrogen) atoms. The largest absolute Gasteiger partial charge is 0.342 e. The zero-order valence-corrected chi connectivity index (χ0v) is 9.52. The molecule has 82 valence electrons. The van der Waals surface area contributed by atoms with Gasteiger partial charge in [0.2, 0.25) is 5.91 Å². The average Bonchev–Trinajstić information content (AvgIpc) is 2.50. The predicted molar refractivity (Wildman–Crippen MR) is 58.8 cm³/mol. The number of rotatable bonds is 3. The highest BCUT2D eigenvalue weighted by Gasteiger charge is 2.30. The molecule has 0 radical (unpaired) electrons. The molecule has 0 atom stereocenters. The number of alkyl halides is 1. The van der Waals surface area contributed by atoms with E-state index in [1.807, 2.05) is 18.4 Å². The van der Waals surface area contributed by atoms with Gasteiger partial charge in [0, 0.05) is 23.9 Å². The van der Waals surface area contributed by atoms with Gasteiger partial charge < -0.3 is 4.90 Å². The van der Waals surface area contributed by atoms with Crippen LogP contribution in [0.5, 0.6) is 0 Å². The van der Waals surface area contributed by atoms with Crippen molar-refractivity contribution in [1.29, 1.82) is 0 Å². The Bertz CT molecular complexity index is 357. The molecule has 1 saturated heterocycles. The zero-order valence-electron chi connectivity index (χ0n) is 8.70. The van der Waals surface area contributed by atoms with Gasteiger partial charge in [-0.2, -0.15) is 0 Å². The Morgan fingerprint density at radius 2 is 2.40 bits per heavy atom. The highest BCUT2D eigenvalue weighted by atomic mass is 32.1. The molecular formula is C11H14FNOS. The second-order valence-corrected chi connectivity index (χ2v) is 5.12. The Kier molecular flexibility index (Phi) is 3.05. The number of carbonyl (C=O) groups excluding carboxylic acids is 1. The molecular weight excluding hydrogens is 213 g/mol. The zero-order chi connectivity index (χ0) is 10.8. The molecule has 1 aromatic rings. The van der Waals surface area contributed by atoms with Gasteiger partial charge in [-0.15, -0.1) is 11.3 Å². The summed E-state index contributed by atoms with van der Waals surface area (Å²) in [6.07, 6.45) is 0.467. The fourth-order valence-electron chi connectivity index (χ4n) is 1.74. The Morgan fingerprint density at radius 1 is 1.67 bits per heavy atom. The number of amides is 1. The summed E-state index contributed by atoms with van der Waals surface area (Å²) in [7, 11) is 0. The Labute approximate surface area is 92.7 Å². The van der Waals surface area contributed by atoms with Gasteiger partial charge in [0.05, 0.1) is 13.1 Å². The van der Waals surface area contributed by atoms with E-state index >= 15 is 0 Å². The molecule has 0 unspecified atom stereocenters. The number of thiophene rings is 1. The van der Waals surface area contributed by atoms with Crippen LogP contribution in [0.25, 0.3) is 0 Å². The maximum absolute atomic E-state index is 12.2. The summed E-state index contributed by atoms with van der Waals surface area (Å²) in [5.74, 6) is 0.207. The van der Waals surface area contributed by atoms with Crippen molar-refractivity contribution in [2.75, 3.05) is 19.8 Å². The molecule has 4 heteroatoms. The third kappa shape index (κ3) is 2.20. The van der Waals surface area contributed by atoms with Crippen LogP contribution in [0.15, 0.2) is 11.4 Å². The molecule has 1 amide bonds. The lowest BCUT2D eigenvalue weighted by Gasteiger charge is -2.37. The van der Waals surface area contributed by atoms with Gasteiger partial charge in [0.1, 0.15) is 0 Å². The second kappa shape index (κ2) is 4.31. The summed E-state index contributed by atoms with van der Waals surface area (Å²) in [6, 6.07) is 1.99. The van der Waals surface area contributed by atoms with Gasteiger partial charge >= 0.3 is 0 Å². The van der Waals surface area contributed by atoms with Crippen LogP contribution in [-0.4, -0.2) is 30.6 Å². The number of hydrogen-bond donors (Lipinski definition) is 0. The molecule has 2 nitrogen and oxygen atoms in total. The molecule has 0 spiro atoms. The minimum Gasteiger partial charge on any atom is -0.342 e. The molecule has 0 saturated carbocycles. The van der Waals surface area contributed by atoms with E-state index < -0.39 is 0 Å². The van der Waals surface area contributed by atoms with Crippen LogP contribution in [0.4, 0.5) is 4.39 Å². The highest BCUT2D eigenvalue weighted by Crippen LogP contribution is 2.20. The van der Waals surface area contributed by atoms with Gasteiger partial charge in [-0.1, -0.05) is 0 Å². The lowest BCUT2D eigenvalue weighted by molar-refractivity contribution is -0.137. The Balaban J connectivity index is 1.86. The minimum atomic E-state index is -0.304. The first-order valence-corrected chi connectivity index (χ1v) is 5.95. The summed E-state index contributed by atoms with van der Waals surface area (Å²) in [6.45, 7) is 2.91. The summed E-state index contributed by atoms with van der Waals surface area (Å²) < 4.78 is 12.2. The van der Waals surface area contributed by atoms with Crippen LogP contribution >= 0.6 is 11.3 Å². The fourth-order valence-corrected chi connectivity index (χ4v) is 2.47. The molecule has 2 rings (SSSR count). The second-order valence-electron chi connectivity index (χ2n) is 4.00. The van der Waals surface area contributed by atoms with Crippen molar-refractivity contribution in [3.8, 4) is 0 Å². The van der Waals surface area contributed by atoms with E-state index in [2.05, 4.69) is 0 Å². The highest BCUT2D eigenvalue weighted by molar-refractivity contribution is 7.10. The Morgan fingerprint density at radius 3 is 2.93 bits per heavy atom. The third-order valence-electron chi connectivity index (χ3n) is 2.84. The fraction of sp³-hybridized carbons (Fsp3) is 0.545. The molecule has 0 aliphatic carbocycles. The van der Waals surface area contributed by atoms with Crippen molar-refractivity contribution in [2.24, 2.45) is 5.92 Å². The topological polar surface area (TPSA) is 20.3 Å². The van der Waals surface area contributed by atoms with E-state index in [0.29, 0.717) is 19.5 Å². The monoisotopic (exact) mass is 227 g/mol. The van der Waals surface area contributed by atoms with E-state index in [9.17, 15) is 9.18 Å². The normalized spacial score (nSPS) is 16.5. The maximum atomic E-state index is 12.2. The minimum absolute atomic E-state index is 0.0810. The average molecular weight is 227 g/mol. The SMILES string of the molecule is Cc1sccc1CC(=O)N1CC(CF)C1. The van der Waals surface area contributed by atoms with Gasteiger partial charge in [-0.25, -0.2) is 0 Å². The molecule has 1 aliphatic rings. The van der Waals surface area contributed by atoms with Crippen molar-refractivity contribution in [3.63, 3.8) is 0 Å². The van der Waals surface area contributed by atoms with Crippen LogP contribution in [0.2, 0.25) is 0 Å². The maximum Gasteiger partial charge on any atom is 0.227 e. The van der Waals surface area contributed by atoms with Gasteiger partial charge in [-0.3, -0.25) is 9.18 Å². The first kappa shape index (κ1) is 10.6. The number of carbonyl (C=O) groups is 1. The van der Waals surface area contributed by atoms with Crippen molar-refractivity contribution in [1.82, 2.24) is 4.90 Å². The molecule has 0 bridgehead atoms. The summed E-state index contributed by atoms with van der Waals surface area (Å²) in [4.78, 5) is 14.7. The van der Waals surface area contributed by atoms with Crippen LogP contribution in [0.1, 0.15) is 10.4 Å². The molecule has 0 aromatic carbocycles.